The Bertz CT molecular complexity index is 848. The molecule has 2 N–H and O–H groups in total. The Kier molecular flexibility index (Phi) is 5.99. The average molecular weight is 357 g/mol. The van der Waals surface area contributed by atoms with Gasteiger partial charge in [0, 0.05) is 17.7 Å². The smallest absolute Gasteiger partial charge is 0.338 e. The number of hydrogen-bond donors (Lipinski definition) is 2. The van der Waals surface area contributed by atoms with Crippen LogP contribution in [0.1, 0.15) is 26.3 Å². The molecule has 0 heterocycles. The third-order valence-corrected chi connectivity index (χ3v) is 3.24. The van der Waals surface area contributed by atoms with Gasteiger partial charge in [0.05, 0.1) is 10.5 Å². The lowest BCUT2D eigenvalue weighted by molar-refractivity contribution is -0.384. The lowest BCUT2D eigenvalue weighted by Gasteiger charge is -2.08. The highest BCUT2D eigenvalue weighted by molar-refractivity contribution is 5.96. The van der Waals surface area contributed by atoms with Crippen molar-refractivity contribution in [2.45, 2.75) is 6.92 Å². The highest BCUT2D eigenvalue weighted by Crippen LogP contribution is 2.11. The van der Waals surface area contributed by atoms with Gasteiger partial charge in [0.25, 0.3) is 17.5 Å². The summed E-state index contributed by atoms with van der Waals surface area (Å²) in [7, 11) is 0. The fourth-order valence-corrected chi connectivity index (χ4v) is 1.96. The maximum Gasteiger partial charge on any atom is 0.338 e. The molecule has 9 heteroatoms. The Morgan fingerprint density at radius 2 is 1.73 bits per heavy atom. The van der Waals surface area contributed by atoms with Gasteiger partial charge >= 0.3 is 5.97 Å². The predicted molar refractivity (Wildman–Crippen MR) is 90.2 cm³/mol. The molecule has 134 valence electrons. The van der Waals surface area contributed by atoms with E-state index in [1.54, 1.807) is 18.2 Å². The topological polar surface area (TPSA) is 128 Å². The van der Waals surface area contributed by atoms with Crippen molar-refractivity contribution in [3.8, 4) is 0 Å². The molecule has 9 nitrogen and oxygen atoms in total. The second kappa shape index (κ2) is 8.38. The molecular weight excluding hydrogens is 342 g/mol. The second-order valence-corrected chi connectivity index (χ2v) is 5.25. The molecule has 26 heavy (non-hydrogen) atoms. The van der Waals surface area contributed by atoms with Gasteiger partial charge in [0.15, 0.2) is 6.61 Å². The van der Waals surface area contributed by atoms with Crippen LogP contribution in [0, 0.1) is 17.0 Å². The number of rotatable bonds is 5. The fraction of sp³-hybridized carbons (Fsp3) is 0.118. The number of carbonyl (C=O) groups is 3. The van der Waals surface area contributed by atoms with Gasteiger partial charge in [-0.3, -0.25) is 30.6 Å². The molecule has 0 fully saturated rings. The Morgan fingerprint density at radius 1 is 1.04 bits per heavy atom. The van der Waals surface area contributed by atoms with Crippen LogP contribution in [-0.2, 0) is 9.53 Å². The van der Waals surface area contributed by atoms with Gasteiger partial charge in [0.2, 0.25) is 0 Å². The van der Waals surface area contributed by atoms with Crippen LogP contribution < -0.4 is 10.9 Å². The van der Waals surface area contributed by atoms with Crippen molar-refractivity contribution in [1.29, 1.82) is 0 Å². The van der Waals surface area contributed by atoms with E-state index in [0.717, 1.165) is 5.56 Å². The molecule has 0 aromatic heterocycles. The summed E-state index contributed by atoms with van der Waals surface area (Å²) in [5, 5.41) is 10.6. The molecular formula is C17H15N3O6. The summed E-state index contributed by atoms with van der Waals surface area (Å²) >= 11 is 0. The van der Waals surface area contributed by atoms with Gasteiger partial charge in [0.1, 0.15) is 0 Å². The third-order valence-electron chi connectivity index (χ3n) is 3.24. The van der Waals surface area contributed by atoms with Crippen molar-refractivity contribution in [3.05, 3.63) is 75.3 Å². The van der Waals surface area contributed by atoms with Crippen LogP contribution in [0.3, 0.4) is 0 Å². The zero-order valence-electron chi connectivity index (χ0n) is 13.7. The number of hydrogen-bond acceptors (Lipinski definition) is 6. The molecule has 2 aromatic rings. The molecule has 0 atom stereocenters. The number of nitro groups is 1. The SMILES string of the molecule is Cc1cccc(C(=O)OCC(=O)NNC(=O)c2ccc([N+](=O)[O-])cc2)c1. The minimum absolute atomic E-state index is 0.118. The van der Waals surface area contributed by atoms with E-state index < -0.39 is 29.3 Å². The first-order valence-corrected chi connectivity index (χ1v) is 7.44. The zero-order valence-corrected chi connectivity index (χ0v) is 13.7. The average Bonchev–Trinajstić information content (AvgIpc) is 2.64. The van der Waals surface area contributed by atoms with E-state index in [9.17, 15) is 24.5 Å². The van der Waals surface area contributed by atoms with Crippen LogP contribution >= 0.6 is 0 Å². The summed E-state index contributed by atoms with van der Waals surface area (Å²) < 4.78 is 4.85. The zero-order chi connectivity index (χ0) is 19.1. The Balaban J connectivity index is 1.80. The standard InChI is InChI=1S/C17H15N3O6/c1-11-3-2-4-13(9-11)17(23)26-10-15(21)18-19-16(22)12-5-7-14(8-6-12)20(24)25/h2-9H,10H2,1H3,(H,18,21)(H,19,22). The highest BCUT2D eigenvalue weighted by Gasteiger charge is 2.12. The summed E-state index contributed by atoms with van der Waals surface area (Å²) in [4.78, 5) is 45.2. The van der Waals surface area contributed by atoms with Crippen LogP contribution in [0.5, 0.6) is 0 Å². The van der Waals surface area contributed by atoms with E-state index in [0.29, 0.717) is 5.56 Å². The van der Waals surface area contributed by atoms with Crippen LogP contribution in [0.15, 0.2) is 48.5 Å². The van der Waals surface area contributed by atoms with E-state index in [-0.39, 0.29) is 11.3 Å². The number of esters is 1. The maximum absolute atomic E-state index is 11.8. The van der Waals surface area contributed by atoms with E-state index in [1.807, 2.05) is 13.0 Å². The first kappa shape index (κ1) is 18.6. The molecule has 2 amide bonds. The number of benzene rings is 2. The van der Waals surface area contributed by atoms with E-state index in [2.05, 4.69) is 10.9 Å². The number of nitrogens with one attached hydrogen (secondary N) is 2. The number of amides is 2. The normalized spacial score (nSPS) is 9.88. The number of hydrazine groups is 1. The van der Waals surface area contributed by atoms with Crippen LogP contribution in [0.4, 0.5) is 5.69 Å². The molecule has 0 aliphatic carbocycles. The molecule has 2 rings (SSSR count). The largest absolute Gasteiger partial charge is 0.452 e. The third kappa shape index (κ3) is 5.13. The fourth-order valence-electron chi connectivity index (χ4n) is 1.96. The summed E-state index contributed by atoms with van der Waals surface area (Å²) in [6.45, 7) is 1.24. The summed E-state index contributed by atoms with van der Waals surface area (Å²) in [5.74, 6) is -2.06. The molecule has 0 saturated carbocycles. The molecule has 0 bridgehead atoms. The lowest BCUT2D eigenvalue weighted by Crippen LogP contribution is -2.43. The molecule has 2 aromatic carbocycles. The van der Waals surface area contributed by atoms with Crippen molar-refractivity contribution in [2.75, 3.05) is 6.61 Å². The van der Waals surface area contributed by atoms with Crippen molar-refractivity contribution < 1.29 is 24.0 Å². The van der Waals surface area contributed by atoms with Gasteiger partial charge in [-0.2, -0.15) is 0 Å². The minimum atomic E-state index is -0.735. The van der Waals surface area contributed by atoms with Gasteiger partial charge < -0.3 is 4.74 Å². The monoisotopic (exact) mass is 357 g/mol. The molecule has 0 spiro atoms. The van der Waals surface area contributed by atoms with E-state index in [4.69, 9.17) is 4.74 Å². The van der Waals surface area contributed by atoms with Gasteiger partial charge in [-0.1, -0.05) is 17.7 Å². The Hall–Kier alpha value is -3.75. The first-order valence-electron chi connectivity index (χ1n) is 7.44. The number of carbonyl (C=O) groups excluding carboxylic acids is 3. The molecule has 0 aliphatic heterocycles. The minimum Gasteiger partial charge on any atom is -0.452 e. The summed E-state index contributed by atoms with van der Waals surface area (Å²) in [5.41, 5.74) is 5.35. The summed E-state index contributed by atoms with van der Waals surface area (Å²) in [6, 6.07) is 11.5. The van der Waals surface area contributed by atoms with Gasteiger partial charge in [-0.05, 0) is 31.2 Å². The van der Waals surface area contributed by atoms with Crippen LogP contribution in [0.25, 0.3) is 0 Å². The lowest BCUT2D eigenvalue weighted by atomic mass is 10.1. The van der Waals surface area contributed by atoms with E-state index >= 15 is 0 Å². The number of nitro benzene ring substituents is 1. The van der Waals surface area contributed by atoms with Crippen LogP contribution in [-0.4, -0.2) is 29.3 Å². The van der Waals surface area contributed by atoms with Crippen molar-refractivity contribution in [2.24, 2.45) is 0 Å². The molecule has 0 aliphatic rings. The predicted octanol–water partition coefficient (Wildman–Crippen LogP) is 1.52. The van der Waals surface area contributed by atoms with Crippen molar-refractivity contribution in [3.63, 3.8) is 0 Å². The number of aryl methyl sites for hydroxylation is 1. The molecule has 0 unspecified atom stereocenters. The molecule has 0 radical (unpaired) electrons. The van der Waals surface area contributed by atoms with Gasteiger partial charge in [-0.25, -0.2) is 4.79 Å². The van der Waals surface area contributed by atoms with E-state index in [1.165, 1.54) is 24.3 Å². The first-order chi connectivity index (χ1) is 12.4. The molecule has 0 saturated heterocycles. The maximum atomic E-state index is 11.8. The number of ether oxygens (including phenoxy) is 1. The van der Waals surface area contributed by atoms with Crippen molar-refractivity contribution in [1.82, 2.24) is 10.9 Å². The van der Waals surface area contributed by atoms with Crippen LogP contribution in [0.2, 0.25) is 0 Å². The van der Waals surface area contributed by atoms with Crippen molar-refractivity contribution >= 4 is 23.5 Å². The number of non-ortho nitro benzene ring substituents is 1. The Labute approximate surface area is 148 Å². The summed E-state index contributed by atoms with van der Waals surface area (Å²) in [6.07, 6.45) is 0. The highest BCUT2D eigenvalue weighted by atomic mass is 16.6. The quantitative estimate of drug-likeness (QED) is 0.474. The number of nitrogens with zero attached hydrogens (tertiary/aromatic N) is 1. The second-order valence-electron chi connectivity index (χ2n) is 5.25. The Morgan fingerprint density at radius 3 is 2.35 bits per heavy atom. The van der Waals surface area contributed by atoms with Gasteiger partial charge in [-0.15, -0.1) is 0 Å².